The van der Waals surface area contributed by atoms with E-state index in [1.165, 1.54) is 5.56 Å². The van der Waals surface area contributed by atoms with E-state index in [1.54, 1.807) is 0 Å². The van der Waals surface area contributed by atoms with Gasteiger partial charge in [0.25, 0.3) is 0 Å². The number of rotatable bonds is 9. The van der Waals surface area contributed by atoms with Gasteiger partial charge in [-0.1, -0.05) is 81.4 Å². The van der Waals surface area contributed by atoms with E-state index in [0.717, 1.165) is 36.6 Å². The highest BCUT2D eigenvalue weighted by atomic mass is 16.6. The number of carbonyl (C=O) groups is 1. The number of ether oxygens (including phenoxy) is 1. The normalized spacial score (nSPS) is 12.9. The van der Waals surface area contributed by atoms with Gasteiger partial charge in [-0.3, -0.25) is 0 Å². The fourth-order valence-electron chi connectivity index (χ4n) is 3.94. The highest BCUT2D eigenvalue weighted by Gasteiger charge is 2.30. The van der Waals surface area contributed by atoms with Crippen LogP contribution in [0.25, 0.3) is 11.3 Å². The first-order chi connectivity index (χ1) is 16.5. The third-order valence-electron chi connectivity index (χ3n) is 5.57. The molecule has 3 rings (SSSR count). The molecule has 2 aromatic carbocycles. The van der Waals surface area contributed by atoms with Crippen molar-refractivity contribution in [2.75, 3.05) is 13.1 Å². The first-order valence-electron chi connectivity index (χ1n) is 12.4. The number of imidazole rings is 1. The number of aromatic nitrogens is 2. The van der Waals surface area contributed by atoms with Gasteiger partial charge in [0.1, 0.15) is 11.4 Å². The zero-order chi connectivity index (χ0) is 25.5. The summed E-state index contributed by atoms with van der Waals surface area (Å²) in [5, 5.41) is 6.55. The van der Waals surface area contributed by atoms with Crippen LogP contribution in [0.4, 0.5) is 4.79 Å². The smallest absolute Gasteiger partial charge is 0.407 e. The number of benzene rings is 2. The summed E-state index contributed by atoms with van der Waals surface area (Å²) in [6.07, 6.45) is 2.56. The average molecular weight is 477 g/mol. The molecular weight excluding hydrogens is 436 g/mol. The molecular formula is C29H40N4O2. The van der Waals surface area contributed by atoms with E-state index in [-0.39, 0.29) is 17.6 Å². The monoisotopic (exact) mass is 476 g/mol. The Morgan fingerprint density at radius 3 is 2.17 bits per heavy atom. The van der Waals surface area contributed by atoms with Crippen molar-refractivity contribution < 1.29 is 9.53 Å². The molecule has 0 aliphatic heterocycles. The van der Waals surface area contributed by atoms with Crippen molar-refractivity contribution in [3.63, 3.8) is 0 Å². The van der Waals surface area contributed by atoms with E-state index in [1.807, 2.05) is 45.0 Å². The zero-order valence-electron chi connectivity index (χ0n) is 22.0. The van der Waals surface area contributed by atoms with Crippen LogP contribution < -0.4 is 10.6 Å². The quantitative estimate of drug-likeness (QED) is 0.361. The Bertz CT molecular complexity index is 1060. The standard InChI is InChI=1S/C29H40N4O2/c1-28(2,3)25(30-18-13-19-31-27(34)35-29(4,5)6)26-32-24(23-16-11-8-12-17-23)21-33(26)20-22-14-9-7-10-15-22/h7-12,14-17,21,25,30H,13,18-20H2,1-6H3,(H,31,34). The fourth-order valence-corrected chi connectivity index (χ4v) is 3.94. The Morgan fingerprint density at radius 1 is 0.943 bits per heavy atom. The van der Waals surface area contributed by atoms with Gasteiger partial charge in [-0.2, -0.15) is 0 Å². The first-order valence-corrected chi connectivity index (χ1v) is 12.4. The van der Waals surface area contributed by atoms with Crippen LogP contribution in [0.5, 0.6) is 0 Å². The molecule has 1 atom stereocenters. The van der Waals surface area contributed by atoms with E-state index in [2.05, 4.69) is 78.6 Å². The van der Waals surface area contributed by atoms with E-state index in [4.69, 9.17) is 9.72 Å². The minimum Gasteiger partial charge on any atom is -0.444 e. The number of hydrogen-bond acceptors (Lipinski definition) is 4. The molecule has 1 amide bonds. The molecule has 0 saturated heterocycles. The molecule has 0 saturated carbocycles. The zero-order valence-corrected chi connectivity index (χ0v) is 22.0. The highest BCUT2D eigenvalue weighted by molar-refractivity contribution is 5.67. The third-order valence-corrected chi connectivity index (χ3v) is 5.57. The number of alkyl carbamates (subject to hydrolysis) is 1. The molecule has 6 nitrogen and oxygen atoms in total. The van der Waals surface area contributed by atoms with Crippen LogP contribution >= 0.6 is 0 Å². The molecule has 6 heteroatoms. The van der Waals surface area contributed by atoms with Crippen LogP contribution in [-0.2, 0) is 11.3 Å². The lowest BCUT2D eigenvalue weighted by molar-refractivity contribution is 0.0527. The average Bonchev–Trinajstić information content (AvgIpc) is 3.18. The molecule has 0 radical (unpaired) electrons. The van der Waals surface area contributed by atoms with Crippen molar-refractivity contribution in [3.05, 3.63) is 78.2 Å². The number of amides is 1. The summed E-state index contributed by atoms with van der Waals surface area (Å²) in [5.41, 5.74) is 2.76. The largest absolute Gasteiger partial charge is 0.444 e. The van der Waals surface area contributed by atoms with Gasteiger partial charge in [-0.25, -0.2) is 9.78 Å². The maximum absolute atomic E-state index is 11.9. The molecule has 0 aliphatic rings. The Kier molecular flexibility index (Phi) is 8.73. The van der Waals surface area contributed by atoms with Gasteiger partial charge in [0.15, 0.2) is 0 Å². The Balaban J connectivity index is 1.77. The lowest BCUT2D eigenvalue weighted by Crippen LogP contribution is -2.37. The molecule has 1 heterocycles. The van der Waals surface area contributed by atoms with E-state index in [0.29, 0.717) is 6.54 Å². The third kappa shape index (κ3) is 8.25. The van der Waals surface area contributed by atoms with E-state index >= 15 is 0 Å². The second-order valence-electron chi connectivity index (χ2n) is 11.0. The minimum atomic E-state index is -0.494. The second-order valence-corrected chi connectivity index (χ2v) is 11.0. The van der Waals surface area contributed by atoms with Gasteiger partial charge >= 0.3 is 6.09 Å². The molecule has 1 aromatic heterocycles. The van der Waals surface area contributed by atoms with Gasteiger partial charge in [-0.05, 0) is 44.7 Å². The minimum absolute atomic E-state index is 0.0326. The van der Waals surface area contributed by atoms with Crippen molar-refractivity contribution in [1.82, 2.24) is 20.2 Å². The van der Waals surface area contributed by atoms with Crippen LogP contribution in [-0.4, -0.2) is 34.3 Å². The lowest BCUT2D eigenvalue weighted by atomic mass is 9.86. The SMILES string of the molecule is CC(C)(C)OC(=O)NCCCNC(c1nc(-c2ccccc2)cn1Cc1ccccc1)C(C)(C)C. The summed E-state index contributed by atoms with van der Waals surface area (Å²) >= 11 is 0. The molecule has 2 N–H and O–H groups in total. The Hall–Kier alpha value is -3.12. The number of nitrogens with zero attached hydrogens (tertiary/aromatic N) is 2. The van der Waals surface area contributed by atoms with Crippen LogP contribution in [0.1, 0.15) is 65.4 Å². The predicted molar refractivity (Wildman–Crippen MR) is 142 cm³/mol. The van der Waals surface area contributed by atoms with Crippen LogP contribution in [0.15, 0.2) is 66.9 Å². The van der Waals surface area contributed by atoms with Gasteiger partial charge in [0.2, 0.25) is 0 Å². The maximum atomic E-state index is 11.9. The molecule has 0 bridgehead atoms. The summed E-state index contributed by atoms with van der Waals surface area (Å²) < 4.78 is 7.59. The van der Waals surface area contributed by atoms with E-state index in [9.17, 15) is 4.79 Å². The topological polar surface area (TPSA) is 68.2 Å². The molecule has 0 aliphatic carbocycles. The fraction of sp³-hybridized carbons (Fsp3) is 0.448. The van der Waals surface area contributed by atoms with Crippen molar-refractivity contribution in [2.24, 2.45) is 5.41 Å². The Labute approximate surface area is 210 Å². The Morgan fingerprint density at radius 2 is 1.57 bits per heavy atom. The molecule has 0 fully saturated rings. The summed E-state index contributed by atoms with van der Waals surface area (Å²) in [6, 6.07) is 20.8. The highest BCUT2D eigenvalue weighted by Crippen LogP contribution is 2.34. The molecule has 0 spiro atoms. The first kappa shape index (κ1) is 26.5. The molecule has 35 heavy (non-hydrogen) atoms. The van der Waals surface area contributed by atoms with Gasteiger partial charge in [0, 0.05) is 24.8 Å². The molecule has 3 aromatic rings. The number of hydrogen-bond donors (Lipinski definition) is 2. The van der Waals surface area contributed by atoms with Crippen LogP contribution in [0.2, 0.25) is 0 Å². The van der Waals surface area contributed by atoms with Crippen molar-refractivity contribution in [2.45, 2.75) is 66.2 Å². The van der Waals surface area contributed by atoms with Crippen molar-refractivity contribution in [3.8, 4) is 11.3 Å². The van der Waals surface area contributed by atoms with Crippen LogP contribution in [0, 0.1) is 5.41 Å². The summed E-state index contributed by atoms with van der Waals surface area (Å²) in [6.45, 7) is 14.3. The number of nitrogens with one attached hydrogen (secondary N) is 2. The molecule has 188 valence electrons. The molecule has 1 unspecified atom stereocenters. The number of carbonyl (C=O) groups excluding carboxylic acids is 1. The van der Waals surface area contributed by atoms with Gasteiger partial charge in [0.05, 0.1) is 11.7 Å². The van der Waals surface area contributed by atoms with E-state index < -0.39 is 5.60 Å². The summed E-state index contributed by atoms with van der Waals surface area (Å²) in [7, 11) is 0. The van der Waals surface area contributed by atoms with Gasteiger partial charge in [-0.15, -0.1) is 0 Å². The second kappa shape index (κ2) is 11.5. The predicted octanol–water partition coefficient (Wildman–Crippen LogP) is 6.19. The maximum Gasteiger partial charge on any atom is 0.407 e. The van der Waals surface area contributed by atoms with Crippen LogP contribution in [0.3, 0.4) is 0 Å². The summed E-state index contributed by atoms with van der Waals surface area (Å²) in [4.78, 5) is 17.0. The lowest BCUT2D eigenvalue weighted by Gasteiger charge is -2.32. The van der Waals surface area contributed by atoms with Crippen molar-refractivity contribution in [1.29, 1.82) is 0 Å². The van der Waals surface area contributed by atoms with Gasteiger partial charge < -0.3 is 19.9 Å². The van der Waals surface area contributed by atoms with Crippen molar-refractivity contribution >= 4 is 6.09 Å². The summed E-state index contributed by atoms with van der Waals surface area (Å²) in [5.74, 6) is 1.01.